The van der Waals surface area contributed by atoms with E-state index >= 15 is 0 Å². The normalized spacial score (nSPS) is 16.5. The van der Waals surface area contributed by atoms with Gasteiger partial charge in [-0.3, -0.25) is 14.8 Å². The number of aromatic nitrogens is 2. The van der Waals surface area contributed by atoms with Crippen LogP contribution in [0.5, 0.6) is 11.5 Å². The molecule has 0 radical (unpaired) electrons. The molecule has 1 saturated heterocycles. The van der Waals surface area contributed by atoms with Crippen molar-refractivity contribution in [3.8, 4) is 11.5 Å². The molecule has 0 saturated carbocycles. The molecule has 3 rings (SSSR count). The molecule has 1 aliphatic rings. The number of amides is 1. The van der Waals surface area contributed by atoms with E-state index in [4.69, 9.17) is 9.47 Å². The summed E-state index contributed by atoms with van der Waals surface area (Å²) in [6.07, 6.45) is 9.27. The van der Waals surface area contributed by atoms with Crippen LogP contribution in [0.4, 0.5) is 0 Å². The van der Waals surface area contributed by atoms with Crippen LogP contribution < -0.4 is 9.47 Å². The van der Waals surface area contributed by atoms with Crippen LogP contribution in [0.1, 0.15) is 30.5 Å². The molecular weight excluding hydrogens is 380 g/mol. The molecule has 1 aromatic carbocycles. The highest BCUT2D eigenvalue weighted by atomic mass is 16.5. The Hall–Kier alpha value is -2.67. The predicted molar refractivity (Wildman–Crippen MR) is 116 cm³/mol. The standard InChI is InChI=1S/C23H32N4O3/c1-26(14-10-18-6-8-21(29-2)22(15-18)30-3)20-5-4-13-27(17-20)23(28)9-7-19-16-24-11-12-25-19/h6,8,11-12,15-16,20H,4-5,7,9-10,13-14,17H2,1-3H3/t20-/m0/s1. The maximum atomic E-state index is 12.7. The van der Waals surface area contributed by atoms with Gasteiger partial charge in [0.2, 0.25) is 5.91 Å². The third kappa shape index (κ3) is 5.92. The molecule has 162 valence electrons. The van der Waals surface area contributed by atoms with Gasteiger partial charge in [0.05, 0.1) is 19.9 Å². The number of piperidine rings is 1. The summed E-state index contributed by atoms with van der Waals surface area (Å²) in [5, 5.41) is 0. The van der Waals surface area contributed by atoms with Gasteiger partial charge in [-0.2, -0.15) is 0 Å². The Balaban J connectivity index is 1.49. The maximum absolute atomic E-state index is 12.7. The number of ether oxygens (including phenoxy) is 2. The molecule has 2 heterocycles. The number of benzene rings is 1. The third-order valence-electron chi connectivity index (χ3n) is 5.79. The molecule has 0 N–H and O–H groups in total. The second kappa shape index (κ2) is 10.9. The lowest BCUT2D eigenvalue weighted by Gasteiger charge is -2.37. The molecule has 1 atom stereocenters. The topological polar surface area (TPSA) is 67.8 Å². The van der Waals surface area contributed by atoms with Gasteiger partial charge in [0.1, 0.15) is 0 Å². The van der Waals surface area contributed by atoms with Crippen molar-refractivity contribution in [1.82, 2.24) is 19.8 Å². The Bertz CT molecular complexity index is 815. The number of likely N-dealkylation sites (tertiary alicyclic amines) is 1. The summed E-state index contributed by atoms with van der Waals surface area (Å²) in [7, 11) is 5.46. The summed E-state index contributed by atoms with van der Waals surface area (Å²) in [5.41, 5.74) is 2.08. The van der Waals surface area contributed by atoms with E-state index in [1.165, 1.54) is 5.56 Å². The average Bonchev–Trinajstić information content (AvgIpc) is 2.81. The first-order chi connectivity index (χ1) is 14.6. The van der Waals surface area contributed by atoms with E-state index in [0.29, 0.717) is 18.9 Å². The fraction of sp³-hybridized carbons (Fsp3) is 0.522. The van der Waals surface area contributed by atoms with Gasteiger partial charge >= 0.3 is 0 Å². The van der Waals surface area contributed by atoms with Gasteiger partial charge in [-0.25, -0.2) is 0 Å². The number of rotatable bonds is 9. The second-order valence-corrected chi connectivity index (χ2v) is 7.75. The summed E-state index contributed by atoms with van der Waals surface area (Å²) in [6, 6.07) is 6.46. The van der Waals surface area contributed by atoms with E-state index in [9.17, 15) is 4.79 Å². The van der Waals surface area contributed by atoms with Crippen LogP contribution in [0.15, 0.2) is 36.8 Å². The van der Waals surface area contributed by atoms with Gasteiger partial charge in [0.15, 0.2) is 11.5 Å². The van der Waals surface area contributed by atoms with Crippen LogP contribution in [-0.4, -0.2) is 72.6 Å². The lowest BCUT2D eigenvalue weighted by Crippen LogP contribution is -2.49. The quantitative estimate of drug-likeness (QED) is 0.631. The molecule has 7 nitrogen and oxygen atoms in total. The van der Waals surface area contributed by atoms with E-state index in [1.54, 1.807) is 32.8 Å². The van der Waals surface area contributed by atoms with Crippen LogP contribution in [0.3, 0.4) is 0 Å². The Morgan fingerprint density at radius 1 is 1.20 bits per heavy atom. The number of nitrogens with zero attached hydrogens (tertiary/aromatic N) is 4. The van der Waals surface area contributed by atoms with Crippen molar-refractivity contribution in [1.29, 1.82) is 0 Å². The Kier molecular flexibility index (Phi) is 8.02. The minimum Gasteiger partial charge on any atom is -0.493 e. The zero-order valence-electron chi connectivity index (χ0n) is 18.2. The van der Waals surface area contributed by atoms with Crippen molar-refractivity contribution >= 4 is 5.91 Å². The lowest BCUT2D eigenvalue weighted by molar-refractivity contribution is -0.133. The molecule has 2 aromatic rings. The van der Waals surface area contributed by atoms with Gasteiger partial charge < -0.3 is 19.3 Å². The van der Waals surface area contributed by atoms with E-state index in [-0.39, 0.29) is 5.91 Å². The number of hydrogen-bond donors (Lipinski definition) is 0. The van der Waals surface area contributed by atoms with Crippen LogP contribution in [0.25, 0.3) is 0 Å². The predicted octanol–water partition coefficient (Wildman–Crippen LogP) is 2.59. The summed E-state index contributed by atoms with van der Waals surface area (Å²) in [5.74, 6) is 1.71. The smallest absolute Gasteiger partial charge is 0.223 e. The maximum Gasteiger partial charge on any atom is 0.223 e. The van der Waals surface area contributed by atoms with Crippen molar-refractivity contribution in [2.24, 2.45) is 0 Å². The van der Waals surface area contributed by atoms with Gasteiger partial charge in [-0.15, -0.1) is 0 Å². The lowest BCUT2D eigenvalue weighted by atomic mass is 10.0. The first-order valence-corrected chi connectivity index (χ1v) is 10.5. The fourth-order valence-corrected chi connectivity index (χ4v) is 3.92. The number of aryl methyl sites for hydroxylation is 1. The SMILES string of the molecule is COc1ccc(CCN(C)[C@H]2CCCN(C(=O)CCc3cnccn3)C2)cc1OC. The molecule has 0 spiro atoms. The van der Waals surface area contributed by atoms with E-state index < -0.39 is 0 Å². The number of likely N-dealkylation sites (N-methyl/N-ethyl adjacent to an activating group) is 1. The molecule has 1 aromatic heterocycles. The molecule has 30 heavy (non-hydrogen) atoms. The van der Waals surface area contributed by atoms with Crippen LogP contribution in [0, 0.1) is 0 Å². The van der Waals surface area contributed by atoms with Crippen molar-refractivity contribution in [2.75, 3.05) is 40.9 Å². The molecule has 7 heteroatoms. The highest BCUT2D eigenvalue weighted by molar-refractivity contribution is 5.76. The average molecular weight is 413 g/mol. The second-order valence-electron chi connectivity index (χ2n) is 7.75. The van der Waals surface area contributed by atoms with E-state index in [2.05, 4.69) is 28.0 Å². The first kappa shape index (κ1) is 22.0. The minimum absolute atomic E-state index is 0.207. The van der Waals surface area contributed by atoms with Crippen LogP contribution in [0.2, 0.25) is 0 Å². The zero-order chi connectivity index (χ0) is 21.3. The summed E-state index contributed by atoms with van der Waals surface area (Å²) >= 11 is 0. The Morgan fingerprint density at radius 3 is 2.77 bits per heavy atom. The van der Waals surface area contributed by atoms with E-state index in [1.807, 2.05) is 17.0 Å². The van der Waals surface area contributed by atoms with Crippen LogP contribution >= 0.6 is 0 Å². The number of carbonyl (C=O) groups is 1. The summed E-state index contributed by atoms with van der Waals surface area (Å²) < 4.78 is 10.7. The van der Waals surface area contributed by atoms with Gasteiger partial charge in [0, 0.05) is 50.7 Å². The monoisotopic (exact) mass is 412 g/mol. The van der Waals surface area contributed by atoms with Crippen molar-refractivity contribution < 1.29 is 14.3 Å². The minimum atomic E-state index is 0.207. The first-order valence-electron chi connectivity index (χ1n) is 10.5. The number of methoxy groups -OCH3 is 2. The molecule has 0 aliphatic carbocycles. The molecule has 0 unspecified atom stereocenters. The Morgan fingerprint density at radius 2 is 2.03 bits per heavy atom. The van der Waals surface area contributed by atoms with Crippen LogP contribution in [-0.2, 0) is 17.6 Å². The van der Waals surface area contributed by atoms with E-state index in [0.717, 1.165) is 56.1 Å². The van der Waals surface area contributed by atoms with Crippen molar-refractivity contribution in [2.45, 2.75) is 38.1 Å². The summed E-state index contributed by atoms with van der Waals surface area (Å²) in [6.45, 7) is 2.57. The van der Waals surface area contributed by atoms with Gasteiger partial charge in [-0.05, 0) is 50.4 Å². The fourth-order valence-electron chi connectivity index (χ4n) is 3.92. The highest BCUT2D eigenvalue weighted by Crippen LogP contribution is 2.28. The molecule has 0 bridgehead atoms. The van der Waals surface area contributed by atoms with Crippen molar-refractivity contribution in [3.05, 3.63) is 48.0 Å². The molecule has 1 aliphatic heterocycles. The molecule has 1 fully saturated rings. The van der Waals surface area contributed by atoms with Gasteiger partial charge in [-0.1, -0.05) is 6.07 Å². The van der Waals surface area contributed by atoms with Gasteiger partial charge in [0.25, 0.3) is 0 Å². The Labute approximate surface area is 179 Å². The largest absolute Gasteiger partial charge is 0.493 e. The molecule has 1 amide bonds. The zero-order valence-corrected chi connectivity index (χ0v) is 18.2. The van der Waals surface area contributed by atoms with Crippen molar-refractivity contribution in [3.63, 3.8) is 0 Å². The number of carbonyl (C=O) groups excluding carboxylic acids is 1. The molecular formula is C23H32N4O3. The summed E-state index contributed by atoms with van der Waals surface area (Å²) in [4.78, 5) is 25.4. The third-order valence-corrected chi connectivity index (χ3v) is 5.79. The number of hydrogen-bond acceptors (Lipinski definition) is 6. The highest BCUT2D eigenvalue weighted by Gasteiger charge is 2.26.